The minimum atomic E-state index is 0.0377. The van der Waals surface area contributed by atoms with Crippen molar-refractivity contribution in [2.45, 2.75) is 32.4 Å². The fourth-order valence-electron chi connectivity index (χ4n) is 2.85. The maximum absolute atomic E-state index is 8.90. The molecule has 0 unspecified atom stereocenters. The second-order valence-corrected chi connectivity index (χ2v) is 5.58. The van der Waals surface area contributed by atoms with Crippen LogP contribution in [0.25, 0.3) is 0 Å². The molecule has 0 bridgehead atoms. The van der Waals surface area contributed by atoms with Crippen molar-refractivity contribution in [3.63, 3.8) is 0 Å². The molecule has 0 aliphatic carbocycles. The highest BCUT2D eigenvalue weighted by molar-refractivity contribution is 5.30. The molecule has 0 radical (unpaired) electrons. The minimum Gasteiger partial charge on any atom is -0.373 e. The quantitative estimate of drug-likeness (QED) is 0.910. The van der Waals surface area contributed by atoms with Gasteiger partial charge in [0.2, 0.25) is 5.95 Å². The molecule has 3 heterocycles. The lowest BCUT2D eigenvalue weighted by molar-refractivity contribution is -0.0239. The van der Waals surface area contributed by atoms with Crippen LogP contribution in [0.2, 0.25) is 0 Å². The van der Waals surface area contributed by atoms with Gasteiger partial charge in [0.15, 0.2) is 0 Å². The molecule has 120 valence electrons. The SMILES string of the molecule is CCn1cc([C@@H]2OCCC[C@H]2CNc2nccc(C#N)n2)cn1. The fourth-order valence-corrected chi connectivity index (χ4v) is 2.85. The fraction of sp³-hybridized carbons (Fsp3) is 0.500. The summed E-state index contributed by atoms with van der Waals surface area (Å²) in [6, 6.07) is 3.62. The molecule has 1 aliphatic rings. The lowest BCUT2D eigenvalue weighted by Crippen LogP contribution is -2.28. The van der Waals surface area contributed by atoms with E-state index in [0.717, 1.165) is 31.6 Å². The van der Waals surface area contributed by atoms with Crippen LogP contribution in [0.4, 0.5) is 5.95 Å². The van der Waals surface area contributed by atoms with Crippen LogP contribution in [0.3, 0.4) is 0 Å². The molecule has 7 heteroatoms. The molecular weight excluding hydrogens is 292 g/mol. The van der Waals surface area contributed by atoms with Crippen molar-refractivity contribution >= 4 is 5.95 Å². The van der Waals surface area contributed by atoms with Gasteiger partial charge in [-0.1, -0.05) is 0 Å². The lowest BCUT2D eigenvalue weighted by Gasteiger charge is -2.31. The molecule has 7 nitrogen and oxygen atoms in total. The Morgan fingerprint density at radius 2 is 2.43 bits per heavy atom. The van der Waals surface area contributed by atoms with E-state index in [9.17, 15) is 0 Å². The average Bonchev–Trinajstić information content (AvgIpc) is 3.09. The Kier molecular flexibility index (Phi) is 4.83. The van der Waals surface area contributed by atoms with E-state index in [-0.39, 0.29) is 6.10 Å². The number of aromatic nitrogens is 4. The van der Waals surface area contributed by atoms with Crippen molar-refractivity contribution < 1.29 is 4.74 Å². The summed E-state index contributed by atoms with van der Waals surface area (Å²) in [6.45, 7) is 4.40. The van der Waals surface area contributed by atoms with Crippen molar-refractivity contribution in [1.82, 2.24) is 19.7 Å². The van der Waals surface area contributed by atoms with Crippen LogP contribution in [0, 0.1) is 17.2 Å². The van der Waals surface area contributed by atoms with Gasteiger partial charge < -0.3 is 10.1 Å². The maximum atomic E-state index is 8.90. The van der Waals surface area contributed by atoms with Crippen LogP contribution in [0.5, 0.6) is 0 Å². The van der Waals surface area contributed by atoms with Gasteiger partial charge in [-0.05, 0) is 25.8 Å². The van der Waals surface area contributed by atoms with E-state index in [2.05, 4.69) is 33.5 Å². The highest BCUT2D eigenvalue weighted by atomic mass is 16.5. The molecule has 2 atom stereocenters. The summed E-state index contributed by atoms with van der Waals surface area (Å²) in [5, 5.41) is 16.5. The number of ether oxygens (including phenoxy) is 1. The van der Waals surface area contributed by atoms with E-state index < -0.39 is 0 Å². The second kappa shape index (κ2) is 7.20. The average molecular weight is 312 g/mol. The predicted molar refractivity (Wildman–Crippen MR) is 84.6 cm³/mol. The van der Waals surface area contributed by atoms with Gasteiger partial charge in [-0.2, -0.15) is 10.4 Å². The molecule has 0 aromatic carbocycles. The third-order valence-corrected chi connectivity index (χ3v) is 4.04. The van der Waals surface area contributed by atoms with Crippen molar-refractivity contribution in [1.29, 1.82) is 5.26 Å². The number of rotatable bonds is 5. The lowest BCUT2D eigenvalue weighted by atomic mass is 9.91. The van der Waals surface area contributed by atoms with Crippen molar-refractivity contribution in [2.75, 3.05) is 18.5 Å². The number of anilines is 1. The Bertz CT molecular complexity index is 692. The van der Waals surface area contributed by atoms with Crippen LogP contribution < -0.4 is 5.32 Å². The molecule has 2 aromatic heterocycles. The van der Waals surface area contributed by atoms with E-state index in [1.54, 1.807) is 12.3 Å². The molecule has 0 saturated carbocycles. The number of aryl methyl sites for hydroxylation is 1. The standard InChI is InChI=1S/C16H20N6O/c1-2-22-11-13(10-20-22)15-12(4-3-7-23-15)9-19-16-18-6-5-14(8-17)21-16/h5-6,10-12,15H,2-4,7,9H2,1H3,(H,18,19,21)/t12-,15+/m0/s1. The summed E-state index contributed by atoms with van der Waals surface area (Å²) < 4.78 is 7.90. The zero-order valence-corrected chi connectivity index (χ0v) is 13.1. The summed E-state index contributed by atoms with van der Waals surface area (Å²) in [7, 11) is 0. The summed E-state index contributed by atoms with van der Waals surface area (Å²) in [6.07, 6.45) is 7.69. The monoisotopic (exact) mass is 312 g/mol. The first-order valence-corrected chi connectivity index (χ1v) is 7.91. The Morgan fingerprint density at radius 1 is 1.52 bits per heavy atom. The first kappa shape index (κ1) is 15.4. The van der Waals surface area contributed by atoms with Crippen LogP contribution in [0.15, 0.2) is 24.7 Å². The zero-order chi connectivity index (χ0) is 16.1. The van der Waals surface area contributed by atoms with Crippen molar-refractivity contribution in [3.05, 3.63) is 35.9 Å². The Labute approximate surface area is 135 Å². The molecule has 3 rings (SSSR count). The Morgan fingerprint density at radius 3 is 3.22 bits per heavy atom. The van der Waals surface area contributed by atoms with Gasteiger partial charge in [-0.15, -0.1) is 0 Å². The van der Waals surface area contributed by atoms with Gasteiger partial charge in [-0.3, -0.25) is 4.68 Å². The van der Waals surface area contributed by atoms with Crippen molar-refractivity contribution in [2.24, 2.45) is 5.92 Å². The summed E-state index contributed by atoms with van der Waals surface area (Å²) >= 11 is 0. The highest BCUT2D eigenvalue weighted by Gasteiger charge is 2.28. The van der Waals surface area contributed by atoms with E-state index in [1.165, 1.54) is 0 Å². The molecular formula is C16H20N6O. The number of nitrogens with zero attached hydrogens (tertiary/aromatic N) is 5. The van der Waals surface area contributed by atoms with Gasteiger partial charge in [0.1, 0.15) is 11.8 Å². The summed E-state index contributed by atoms with van der Waals surface area (Å²) in [5.74, 6) is 0.810. The van der Waals surface area contributed by atoms with Gasteiger partial charge in [-0.25, -0.2) is 9.97 Å². The Balaban J connectivity index is 1.68. The Hall–Kier alpha value is -2.46. The smallest absolute Gasteiger partial charge is 0.223 e. The first-order valence-electron chi connectivity index (χ1n) is 7.91. The number of hydrogen-bond donors (Lipinski definition) is 1. The molecule has 0 amide bonds. The number of nitriles is 1. The van der Waals surface area contributed by atoms with E-state index in [0.29, 0.717) is 24.1 Å². The van der Waals surface area contributed by atoms with Crippen molar-refractivity contribution in [3.8, 4) is 6.07 Å². The molecule has 1 fully saturated rings. The molecule has 1 N–H and O–H groups in total. The number of hydrogen-bond acceptors (Lipinski definition) is 6. The third kappa shape index (κ3) is 3.66. The molecule has 0 spiro atoms. The third-order valence-electron chi connectivity index (χ3n) is 4.04. The van der Waals surface area contributed by atoms with Gasteiger partial charge in [0.05, 0.1) is 12.3 Å². The van der Waals surface area contributed by atoms with Gasteiger partial charge >= 0.3 is 0 Å². The van der Waals surface area contributed by atoms with Gasteiger partial charge in [0, 0.05) is 43.6 Å². The molecule has 1 saturated heterocycles. The van der Waals surface area contributed by atoms with Gasteiger partial charge in [0.25, 0.3) is 0 Å². The molecule has 1 aliphatic heterocycles. The second-order valence-electron chi connectivity index (χ2n) is 5.58. The van der Waals surface area contributed by atoms with E-state index in [4.69, 9.17) is 10.00 Å². The van der Waals surface area contributed by atoms with E-state index >= 15 is 0 Å². The number of nitrogens with one attached hydrogen (secondary N) is 1. The van der Waals surface area contributed by atoms with Crippen LogP contribution in [-0.2, 0) is 11.3 Å². The highest BCUT2D eigenvalue weighted by Crippen LogP contribution is 2.33. The normalized spacial score (nSPS) is 20.9. The maximum Gasteiger partial charge on any atom is 0.223 e. The van der Waals surface area contributed by atoms with E-state index in [1.807, 2.05) is 16.9 Å². The zero-order valence-electron chi connectivity index (χ0n) is 13.1. The molecule has 2 aromatic rings. The summed E-state index contributed by atoms with van der Waals surface area (Å²) in [5.41, 5.74) is 1.48. The van der Waals surface area contributed by atoms with Crippen LogP contribution in [-0.4, -0.2) is 32.9 Å². The minimum absolute atomic E-state index is 0.0377. The topological polar surface area (TPSA) is 88.6 Å². The van der Waals surface area contributed by atoms with Crippen LogP contribution in [0.1, 0.15) is 37.1 Å². The largest absolute Gasteiger partial charge is 0.373 e. The van der Waals surface area contributed by atoms with Crippen LogP contribution >= 0.6 is 0 Å². The summed E-state index contributed by atoms with van der Waals surface area (Å²) in [4.78, 5) is 8.31. The predicted octanol–water partition coefficient (Wildman–Crippen LogP) is 2.14. The molecule has 23 heavy (non-hydrogen) atoms. The first-order chi connectivity index (χ1) is 11.3.